The fraction of sp³-hybridized carbons (Fsp3) is 0.692. The standard InChI is InChI=1S/C13H9Cl6NO3/c14-7-8(15)12(17)6-2-4-3(9(21)20(23)10(4)22)1-5(6)11(7,16)13(12,18)19/h3-6,23H,1-2H2/t3-,4+,5-,6-,11-,12-/m1/s1. The van der Waals surface area contributed by atoms with Crippen molar-refractivity contribution in [1.82, 2.24) is 5.06 Å². The highest BCUT2D eigenvalue weighted by atomic mass is 35.5. The number of imide groups is 1. The first-order valence-electron chi connectivity index (χ1n) is 6.89. The molecule has 4 rings (SSSR count). The summed E-state index contributed by atoms with van der Waals surface area (Å²) in [6.45, 7) is 0. The van der Waals surface area contributed by atoms with Gasteiger partial charge in [0.15, 0.2) is 4.33 Å². The molecule has 1 aliphatic heterocycles. The van der Waals surface area contributed by atoms with Gasteiger partial charge in [-0.25, -0.2) is 0 Å². The second-order valence-corrected chi connectivity index (χ2v) is 9.79. The Hall–Kier alpha value is 0.580. The van der Waals surface area contributed by atoms with Crippen LogP contribution < -0.4 is 0 Å². The summed E-state index contributed by atoms with van der Waals surface area (Å²) in [5, 5.41) is 9.93. The first-order chi connectivity index (χ1) is 10.5. The van der Waals surface area contributed by atoms with Crippen LogP contribution in [-0.2, 0) is 9.59 Å². The molecule has 0 unspecified atom stereocenters. The predicted octanol–water partition coefficient (Wildman–Crippen LogP) is 3.85. The quantitative estimate of drug-likeness (QED) is 0.354. The number of carbonyl (C=O) groups is 2. The monoisotopic (exact) mass is 437 g/mol. The third-order valence-electron chi connectivity index (χ3n) is 5.81. The molecule has 1 saturated heterocycles. The fourth-order valence-corrected chi connectivity index (χ4v) is 7.81. The van der Waals surface area contributed by atoms with Crippen LogP contribution in [0.1, 0.15) is 12.8 Å². The van der Waals surface area contributed by atoms with Gasteiger partial charge in [-0.15, -0.1) is 23.2 Å². The molecule has 10 heteroatoms. The van der Waals surface area contributed by atoms with Gasteiger partial charge in [-0.2, -0.15) is 5.06 Å². The molecular weight excluding hydrogens is 431 g/mol. The van der Waals surface area contributed by atoms with Crippen LogP contribution >= 0.6 is 69.6 Å². The van der Waals surface area contributed by atoms with Gasteiger partial charge in [0.2, 0.25) is 0 Å². The zero-order valence-corrected chi connectivity index (χ0v) is 15.7. The molecule has 0 aromatic rings. The number of hydrogen-bond donors (Lipinski definition) is 1. The average Bonchev–Trinajstić information content (AvgIpc) is 2.84. The summed E-state index contributed by atoms with van der Waals surface area (Å²) >= 11 is 39.0. The van der Waals surface area contributed by atoms with Gasteiger partial charge in [0, 0.05) is 0 Å². The van der Waals surface area contributed by atoms with Crippen molar-refractivity contribution >= 4 is 81.4 Å². The first kappa shape index (κ1) is 17.0. The van der Waals surface area contributed by atoms with Crippen LogP contribution in [0.2, 0.25) is 0 Å². The average molecular weight is 440 g/mol. The fourth-order valence-electron chi connectivity index (χ4n) is 4.70. The Balaban J connectivity index is 1.86. The van der Waals surface area contributed by atoms with Crippen LogP contribution in [0.3, 0.4) is 0 Å². The van der Waals surface area contributed by atoms with Crippen LogP contribution in [0.15, 0.2) is 10.1 Å². The lowest BCUT2D eigenvalue weighted by atomic mass is 9.65. The summed E-state index contributed by atoms with van der Waals surface area (Å²) < 4.78 is -1.67. The van der Waals surface area contributed by atoms with Crippen LogP contribution in [0.5, 0.6) is 0 Å². The maximum atomic E-state index is 12.1. The molecular formula is C13H9Cl6NO3. The first-order valence-corrected chi connectivity index (χ1v) is 9.16. The minimum Gasteiger partial charge on any atom is -0.278 e. The number of rotatable bonds is 0. The van der Waals surface area contributed by atoms with Crippen LogP contribution in [0.4, 0.5) is 0 Å². The molecule has 0 aromatic carbocycles. The number of allylic oxidation sites excluding steroid dienone is 2. The molecule has 2 saturated carbocycles. The minimum absolute atomic E-state index is 0.0816. The Morgan fingerprint density at radius 3 is 1.57 bits per heavy atom. The van der Waals surface area contributed by atoms with Gasteiger partial charge in [-0.1, -0.05) is 46.4 Å². The third-order valence-corrected chi connectivity index (χ3v) is 10.2. The smallest absolute Gasteiger partial charge is 0.257 e. The van der Waals surface area contributed by atoms with E-state index in [2.05, 4.69) is 0 Å². The number of hydrogen-bond acceptors (Lipinski definition) is 3. The molecule has 23 heavy (non-hydrogen) atoms. The lowest BCUT2D eigenvalue weighted by Gasteiger charge is -2.42. The van der Waals surface area contributed by atoms with Crippen LogP contribution in [-0.4, -0.2) is 36.2 Å². The van der Waals surface area contributed by atoms with E-state index in [-0.39, 0.29) is 28.0 Å². The third kappa shape index (κ3) is 1.55. The van der Waals surface area contributed by atoms with Gasteiger partial charge in [0.1, 0.15) is 9.75 Å². The number of alkyl halides is 4. The van der Waals surface area contributed by atoms with Gasteiger partial charge in [-0.3, -0.25) is 14.8 Å². The van der Waals surface area contributed by atoms with E-state index >= 15 is 0 Å². The molecule has 6 atom stereocenters. The molecule has 2 bridgehead atoms. The van der Waals surface area contributed by atoms with Crippen molar-refractivity contribution in [2.75, 3.05) is 0 Å². The lowest BCUT2D eigenvalue weighted by Crippen LogP contribution is -2.44. The highest BCUT2D eigenvalue weighted by molar-refractivity contribution is 6.65. The summed E-state index contributed by atoms with van der Waals surface area (Å²) in [4.78, 5) is 21.3. The summed E-state index contributed by atoms with van der Waals surface area (Å²) in [7, 11) is 0. The molecule has 1 N–H and O–H groups in total. The van der Waals surface area contributed by atoms with Crippen molar-refractivity contribution in [3.05, 3.63) is 10.1 Å². The molecule has 3 aliphatic carbocycles. The van der Waals surface area contributed by atoms with Crippen LogP contribution in [0, 0.1) is 23.7 Å². The molecule has 0 radical (unpaired) electrons. The van der Waals surface area contributed by atoms with Crippen LogP contribution in [0.25, 0.3) is 0 Å². The molecule has 0 spiro atoms. The van der Waals surface area contributed by atoms with Gasteiger partial charge >= 0.3 is 0 Å². The summed E-state index contributed by atoms with van der Waals surface area (Å²) in [6.07, 6.45) is 0.410. The van der Waals surface area contributed by atoms with Gasteiger partial charge in [-0.05, 0) is 24.7 Å². The number of amides is 2. The number of hydroxylamine groups is 2. The van der Waals surface area contributed by atoms with Gasteiger partial charge in [0.25, 0.3) is 11.8 Å². The second kappa shape index (κ2) is 4.64. The van der Waals surface area contributed by atoms with E-state index < -0.39 is 49.6 Å². The van der Waals surface area contributed by atoms with Crippen molar-refractivity contribution in [2.24, 2.45) is 23.7 Å². The predicted molar refractivity (Wildman–Crippen MR) is 87.2 cm³/mol. The summed E-state index contributed by atoms with van der Waals surface area (Å²) in [5.41, 5.74) is 0. The van der Waals surface area contributed by atoms with E-state index in [1.165, 1.54) is 0 Å². The van der Waals surface area contributed by atoms with Gasteiger partial charge in [0.05, 0.1) is 21.9 Å². The van der Waals surface area contributed by atoms with Crippen molar-refractivity contribution < 1.29 is 14.8 Å². The molecule has 1 heterocycles. The molecule has 4 nitrogen and oxygen atoms in total. The Morgan fingerprint density at radius 2 is 1.22 bits per heavy atom. The van der Waals surface area contributed by atoms with E-state index in [0.29, 0.717) is 0 Å². The molecule has 126 valence electrons. The molecule has 4 aliphatic rings. The Bertz CT molecular complexity index is 641. The van der Waals surface area contributed by atoms with E-state index in [9.17, 15) is 14.8 Å². The SMILES string of the molecule is O=C1[C@H]2C[C@@H]3[C@@H](C[C@H]2C(=O)N1O)[C@@]1(Cl)C(Cl)=C(Cl)[C@@]3(Cl)C1(Cl)Cl. The zero-order chi connectivity index (χ0) is 17.1. The highest BCUT2D eigenvalue weighted by Crippen LogP contribution is 2.79. The highest BCUT2D eigenvalue weighted by Gasteiger charge is 2.83. The minimum atomic E-state index is -1.67. The number of carbonyl (C=O) groups excluding carboxylic acids is 2. The molecule has 2 amide bonds. The summed E-state index contributed by atoms with van der Waals surface area (Å²) in [5.74, 6) is -3.53. The number of nitrogens with zero attached hydrogens (tertiary/aromatic N) is 1. The number of fused-ring (bicyclic) bond motifs is 6. The number of halogens is 6. The lowest BCUT2D eigenvalue weighted by molar-refractivity contribution is -0.173. The van der Waals surface area contributed by atoms with Gasteiger partial charge < -0.3 is 0 Å². The maximum absolute atomic E-state index is 12.1. The second-order valence-electron chi connectivity index (χ2n) is 6.51. The maximum Gasteiger partial charge on any atom is 0.257 e. The molecule has 3 fully saturated rings. The van der Waals surface area contributed by atoms with E-state index in [1.54, 1.807) is 0 Å². The Kier molecular flexibility index (Phi) is 3.44. The Labute approximate surface area is 161 Å². The molecule has 0 aromatic heterocycles. The topological polar surface area (TPSA) is 57.6 Å². The normalized spacial score (nSPS) is 50.7. The van der Waals surface area contributed by atoms with E-state index in [1.807, 2.05) is 0 Å². The van der Waals surface area contributed by atoms with Crippen molar-refractivity contribution in [2.45, 2.75) is 26.9 Å². The summed E-state index contributed by atoms with van der Waals surface area (Å²) in [6, 6.07) is 0. The van der Waals surface area contributed by atoms with Crippen molar-refractivity contribution in [3.63, 3.8) is 0 Å². The Morgan fingerprint density at radius 1 is 0.870 bits per heavy atom. The van der Waals surface area contributed by atoms with E-state index in [0.717, 1.165) is 0 Å². The zero-order valence-electron chi connectivity index (χ0n) is 11.2. The largest absolute Gasteiger partial charge is 0.278 e. The van der Waals surface area contributed by atoms with Crippen molar-refractivity contribution in [1.29, 1.82) is 0 Å². The van der Waals surface area contributed by atoms with Crippen molar-refractivity contribution in [3.8, 4) is 0 Å². The van der Waals surface area contributed by atoms with E-state index in [4.69, 9.17) is 69.6 Å².